The molecule has 0 aliphatic carbocycles. The van der Waals surface area contributed by atoms with Crippen LogP contribution < -0.4 is 10.6 Å². The predicted molar refractivity (Wildman–Crippen MR) is 81.8 cm³/mol. The molecule has 2 unspecified atom stereocenters. The molecule has 0 saturated heterocycles. The molecule has 5 nitrogen and oxygen atoms in total. The van der Waals surface area contributed by atoms with Crippen LogP contribution in [0.1, 0.15) is 24.1 Å². The number of fused-ring (bicyclic) bond motifs is 1. The average Bonchev–Trinajstić information content (AvgIpc) is 2.91. The van der Waals surface area contributed by atoms with Crippen LogP contribution in [0.4, 0.5) is 5.69 Å². The summed E-state index contributed by atoms with van der Waals surface area (Å²) in [6.07, 6.45) is 4.45. The molecule has 0 spiro atoms. The fourth-order valence-corrected chi connectivity index (χ4v) is 2.92. The lowest BCUT2D eigenvalue weighted by Crippen LogP contribution is -2.44. The molecule has 1 aromatic heterocycles. The van der Waals surface area contributed by atoms with Gasteiger partial charge in [0, 0.05) is 31.0 Å². The molecule has 3 rings (SSSR count). The second-order valence-corrected chi connectivity index (χ2v) is 5.81. The number of rotatable bonds is 2. The Morgan fingerprint density at radius 1 is 1.43 bits per heavy atom. The highest BCUT2D eigenvalue weighted by molar-refractivity contribution is 5.98. The predicted octanol–water partition coefficient (Wildman–Crippen LogP) is 1.65. The molecule has 2 atom stereocenters. The van der Waals surface area contributed by atoms with Crippen molar-refractivity contribution in [1.82, 2.24) is 9.78 Å². The molecule has 0 saturated carbocycles. The third-order valence-corrected chi connectivity index (χ3v) is 3.96. The molecule has 1 aromatic carbocycles. The van der Waals surface area contributed by atoms with Crippen LogP contribution >= 0.6 is 0 Å². The van der Waals surface area contributed by atoms with Gasteiger partial charge in [-0.1, -0.05) is 25.1 Å². The number of aryl methyl sites for hydroxylation is 1. The number of amides is 1. The first-order valence-corrected chi connectivity index (χ1v) is 7.19. The average molecular weight is 284 g/mol. The van der Waals surface area contributed by atoms with Crippen LogP contribution in [-0.4, -0.2) is 22.2 Å². The molecule has 1 amide bonds. The molecule has 21 heavy (non-hydrogen) atoms. The van der Waals surface area contributed by atoms with E-state index in [0.717, 1.165) is 17.7 Å². The Hall–Kier alpha value is -2.14. The van der Waals surface area contributed by atoms with E-state index in [2.05, 4.69) is 18.1 Å². The maximum absolute atomic E-state index is 12.8. The maximum atomic E-state index is 12.8. The second-order valence-electron chi connectivity index (χ2n) is 5.81. The van der Waals surface area contributed by atoms with Crippen LogP contribution in [0.5, 0.6) is 0 Å². The zero-order chi connectivity index (χ0) is 15.0. The van der Waals surface area contributed by atoms with Gasteiger partial charge in [-0.15, -0.1) is 0 Å². The van der Waals surface area contributed by atoms with Crippen LogP contribution in [0.2, 0.25) is 0 Å². The summed E-state index contributed by atoms with van der Waals surface area (Å²) in [6, 6.07) is 7.39. The lowest BCUT2D eigenvalue weighted by molar-refractivity contribution is -0.120. The Labute approximate surface area is 124 Å². The minimum atomic E-state index is -0.669. The first-order chi connectivity index (χ1) is 10.1. The van der Waals surface area contributed by atoms with Crippen LogP contribution in [0.3, 0.4) is 0 Å². The minimum absolute atomic E-state index is 0.0676. The summed E-state index contributed by atoms with van der Waals surface area (Å²) in [5.74, 6) is 0.368. The van der Waals surface area contributed by atoms with E-state index in [1.54, 1.807) is 17.1 Å². The molecule has 1 aliphatic heterocycles. The fraction of sp³-hybridized carbons (Fsp3) is 0.375. The lowest BCUT2D eigenvalue weighted by Gasteiger charge is -2.34. The zero-order valence-electron chi connectivity index (χ0n) is 12.4. The minimum Gasteiger partial charge on any atom is -0.316 e. The van der Waals surface area contributed by atoms with Crippen LogP contribution in [0, 0.1) is 5.92 Å². The first-order valence-electron chi connectivity index (χ1n) is 7.19. The van der Waals surface area contributed by atoms with E-state index in [-0.39, 0.29) is 5.91 Å². The van der Waals surface area contributed by atoms with Crippen LogP contribution in [0.15, 0.2) is 36.7 Å². The van der Waals surface area contributed by atoms with Crippen molar-refractivity contribution in [3.63, 3.8) is 0 Å². The number of nitrogens with zero attached hydrogens (tertiary/aromatic N) is 3. The molecule has 2 heterocycles. The Morgan fingerprint density at radius 3 is 2.90 bits per heavy atom. The monoisotopic (exact) mass is 284 g/mol. The molecular formula is C16H20N4O. The Morgan fingerprint density at radius 2 is 2.19 bits per heavy atom. The smallest absolute Gasteiger partial charge is 0.248 e. The summed E-state index contributed by atoms with van der Waals surface area (Å²) in [4.78, 5) is 14.6. The largest absolute Gasteiger partial charge is 0.316 e. The van der Waals surface area contributed by atoms with E-state index in [0.29, 0.717) is 12.5 Å². The standard InChI is InChI=1S/C16H20N4O/c1-11-7-12-5-3-4-6-14(12)20(9-11)16(21)15(17)13-8-18-19(2)10-13/h3-6,8,10-11,15H,7,9,17H2,1-2H3. The van der Waals surface area contributed by atoms with Gasteiger partial charge in [-0.05, 0) is 24.0 Å². The molecular weight excluding hydrogens is 264 g/mol. The van der Waals surface area contributed by atoms with E-state index in [1.807, 2.05) is 30.1 Å². The fourth-order valence-electron chi connectivity index (χ4n) is 2.92. The van der Waals surface area contributed by atoms with Gasteiger partial charge in [0.05, 0.1) is 6.20 Å². The van der Waals surface area contributed by atoms with Gasteiger partial charge in [0.15, 0.2) is 0 Å². The zero-order valence-corrected chi connectivity index (χ0v) is 12.4. The van der Waals surface area contributed by atoms with E-state index in [9.17, 15) is 4.79 Å². The molecule has 0 bridgehead atoms. The van der Waals surface area contributed by atoms with Gasteiger partial charge in [-0.3, -0.25) is 9.48 Å². The molecule has 1 aliphatic rings. The third-order valence-electron chi connectivity index (χ3n) is 3.96. The van der Waals surface area contributed by atoms with E-state index < -0.39 is 6.04 Å². The second kappa shape index (κ2) is 5.33. The van der Waals surface area contributed by atoms with E-state index in [1.165, 1.54) is 5.56 Å². The Bertz CT molecular complexity index is 664. The summed E-state index contributed by atoms with van der Waals surface area (Å²) < 4.78 is 1.66. The molecule has 2 aromatic rings. The van der Waals surface area contributed by atoms with Crippen molar-refractivity contribution >= 4 is 11.6 Å². The van der Waals surface area contributed by atoms with Crippen molar-refractivity contribution in [2.75, 3.05) is 11.4 Å². The molecule has 2 N–H and O–H groups in total. The number of aromatic nitrogens is 2. The molecule has 0 radical (unpaired) electrons. The van der Waals surface area contributed by atoms with Crippen molar-refractivity contribution in [3.8, 4) is 0 Å². The summed E-state index contributed by atoms with van der Waals surface area (Å²) in [5.41, 5.74) is 9.09. The highest BCUT2D eigenvalue weighted by Crippen LogP contribution is 2.31. The van der Waals surface area contributed by atoms with Crippen molar-refractivity contribution in [2.45, 2.75) is 19.4 Å². The van der Waals surface area contributed by atoms with Gasteiger partial charge in [-0.25, -0.2) is 0 Å². The maximum Gasteiger partial charge on any atom is 0.248 e. The van der Waals surface area contributed by atoms with Gasteiger partial charge >= 0.3 is 0 Å². The number of anilines is 1. The topological polar surface area (TPSA) is 64.2 Å². The summed E-state index contributed by atoms with van der Waals surface area (Å²) in [7, 11) is 1.82. The number of hydrogen-bond acceptors (Lipinski definition) is 3. The van der Waals surface area contributed by atoms with Crippen molar-refractivity contribution in [2.24, 2.45) is 18.7 Å². The van der Waals surface area contributed by atoms with E-state index in [4.69, 9.17) is 5.73 Å². The lowest BCUT2D eigenvalue weighted by atomic mass is 9.93. The Kier molecular flexibility index (Phi) is 3.51. The van der Waals surface area contributed by atoms with Crippen LogP contribution in [0.25, 0.3) is 0 Å². The number of hydrogen-bond donors (Lipinski definition) is 1. The SMILES string of the molecule is CC1Cc2ccccc2N(C(=O)C(N)c2cnn(C)c2)C1. The summed E-state index contributed by atoms with van der Waals surface area (Å²) in [6.45, 7) is 2.87. The van der Waals surface area contributed by atoms with Gasteiger partial charge in [0.2, 0.25) is 5.91 Å². The van der Waals surface area contributed by atoms with Gasteiger partial charge in [0.25, 0.3) is 0 Å². The number of nitrogens with two attached hydrogens (primary N) is 1. The van der Waals surface area contributed by atoms with Gasteiger partial charge in [0.1, 0.15) is 6.04 Å². The Balaban J connectivity index is 1.91. The highest BCUT2D eigenvalue weighted by atomic mass is 16.2. The van der Waals surface area contributed by atoms with Gasteiger partial charge < -0.3 is 10.6 Å². The van der Waals surface area contributed by atoms with E-state index >= 15 is 0 Å². The van der Waals surface area contributed by atoms with Crippen molar-refractivity contribution in [3.05, 3.63) is 47.8 Å². The number of para-hydroxylation sites is 1. The number of carbonyl (C=O) groups excluding carboxylic acids is 1. The van der Waals surface area contributed by atoms with Crippen LogP contribution in [-0.2, 0) is 18.3 Å². The summed E-state index contributed by atoms with van der Waals surface area (Å²) >= 11 is 0. The van der Waals surface area contributed by atoms with Crippen molar-refractivity contribution < 1.29 is 4.79 Å². The number of carbonyl (C=O) groups is 1. The molecule has 0 fully saturated rings. The van der Waals surface area contributed by atoms with Gasteiger partial charge in [-0.2, -0.15) is 5.10 Å². The normalized spacial score (nSPS) is 19.2. The highest BCUT2D eigenvalue weighted by Gasteiger charge is 2.30. The third kappa shape index (κ3) is 2.56. The molecule has 110 valence electrons. The quantitative estimate of drug-likeness (QED) is 0.912. The summed E-state index contributed by atoms with van der Waals surface area (Å²) in [5, 5.41) is 4.09. The van der Waals surface area contributed by atoms with Crippen molar-refractivity contribution in [1.29, 1.82) is 0 Å². The first kappa shape index (κ1) is 13.8. The molecule has 5 heteroatoms. The number of benzene rings is 1.